The van der Waals surface area contributed by atoms with E-state index in [0.29, 0.717) is 6.54 Å². The summed E-state index contributed by atoms with van der Waals surface area (Å²) in [4.78, 5) is 24.7. The molecule has 0 radical (unpaired) electrons. The standard InChI is InChI=1S/C19H17NO4/c1-23-15-9-7-13(8-10-15)12-20-17-6-4-3-5-14(17)11-16(18(20)21)19(22)24-2/h3-11H,12H2,1-2H3. The van der Waals surface area contributed by atoms with Crippen molar-refractivity contribution in [1.82, 2.24) is 4.57 Å². The highest BCUT2D eigenvalue weighted by atomic mass is 16.5. The highest BCUT2D eigenvalue weighted by molar-refractivity contribution is 5.93. The van der Waals surface area contributed by atoms with E-state index in [1.165, 1.54) is 7.11 Å². The van der Waals surface area contributed by atoms with Crippen molar-refractivity contribution in [3.05, 3.63) is 76.1 Å². The van der Waals surface area contributed by atoms with Crippen LogP contribution in [0.5, 0.6) is 5.75 Å². The number of esters is 1. The van der Waals surface area contributed by atoms with E-state index in [0.717, 1.165) is 22.2 Å². The van der Waals surface area contributed by atoms with Crippen LogP contribution in [-0.4, -0.2) is 24.8 Å². The molecule has 122 valence electrons. The summed E-state index contributed by atoms with van der Waals surface area (Å²) in [5.41, 5.74) is 1.37. The molecule has 1 heterocycles. The molecule has 5 nitrogen and oxygen atoms in total. The Morgan fingerprint density at radius 1 is 1.04 bits per heavy atom. The van der Waals surface area contributed by atoms with E-state index in [4.69, 9.17) is 9.47 Å². The van der Waals surface area contributed by atoms with Crippen molar-refractivity contribution < 1.29 is 14.3 Å². The number of carbonyl (C=O) groups excluding carboxylic acids is 1. The lowest BCUT2D eigenvalue weighted by atomic mass is 10.1. The maximum atomic E-state index is 12.7. The summed E-state index contributed by atoms with van der Waals surface area (Å²) in [6.07, 6.45) is 0. The number of nitrogens with zero attached hydrogens (tertiary/aromatic N) is 1. The second-order valence-corrected chi connectivity index (χ2v) is 5.35. The molecule has 3 aromatic rings. The van der Waals surface area contributed by atoms with Gasteiger partial charge in [0.15, 0.2) is 0 Å². The van der Waals surface area contributed by atoms with Crippen LogP contribution in [0, 0.1) is 0 Å². The third kappa shape index (κ3) is 2.88. The number of carbonyl (C=O) groups is 1. The molecule has 0 spiro atoms. The Morgan fingerprint density at radius 2 is 1.75 bits per heavy atom. The second kappa shape index (κ2) is 6.58. The van der Waals surface area contributed by atoms with Gasteiger partial charge in [-0.3, -0.25) is 4.79 Å². The first kappa shape index (κ1) is 15.8. The number of rotatable bonds is 4. The van der Waals surface area contributed by atoms with Gasteiger partial charge < -0.3 is 14.0 Å². The van der Waals surface area contributed by atoms with Gasteiger partial charge in [0, 0.05) is 0 Å². The Kier molecular flexibility index (Phi) is 4.33. The quantitative estimate of drug-likeness (QED) is 0.693. The fourth-order valence-corrected chi connectivity index (χ4v) is 2.65. The smallest absolute Gasteiger partial charge is 0.343 e. The van der Waals surface area contributed by atoms with Crippen LogP contribution in [0.1, 0.15) is 15.9 Å². The van der Waals surface area contributed by atoms with Crippen LogP contribution < -0.4 is 10.3 Å². The molecule has 24 heavy (non-hydrogen) atoms. The highest BCUT2D eigenvalue weighted by Gasteiger charge is 2.16. The van der Waals surface area contributed by atoms with Gasteiger partial charge in [0.25, 0.3) is 5.56 Å². The molecule has 0 aliphatic heterocycles. The minimum atomic E-state index is -0.630. The molecule has 5 heteroatoms. The number of methoxy groups -OCH3 is 2. The molecule has 0 saturated carbocycles. The van der Waals surface area contributed by atoms with Crippen LogP contribution >= 0.6 is 0 Å². The molecule has 0 atom stereocenters. The SMILES string of the molecule is COC(=O)c1cc2ccccc2n(Cc2ccc(OC)cc2)c1=O. The van der Waals surface area contributed by atoms with Crippen LogP contribution in [0.3, 0.4) is 0 Å². The first-order chi connectivity index (χ1) is 11.6. The summed E-state index contributed by atoms with van der Waals surface area (Å²) in [6, 6.07) is 16.5. The molecule has 0 bridgehead atoms. The fraction of sp³-hybridized carbons (Fsp3) is 0.158. The van der Waals surface area contributed by atoms with E-state index < -0.39 is 5.97 Å². The van der Waals surface area contributed by atoms with Crippen molar-refractivity contribution in [2.75, 3.05) is 14.2 Å². The third-order valence-corrected chi connectivity index (χ3v) is 3.91. The zero-order valence-corrected chi connectivity index (χ0v) is 13.5. The van der Waals surface area contributed by atoms with Crippen LogP contribution in [0.2, 0.25) is 0 Å². The van der Waals surface area contributed by atoms with E-state index in [-0.39, 0.29) is 11.1 Å². The molecule has 0 amide bonds. The van der Waals surface area contributed by atoms with Gasteiger partial charge in [0.05, 0.1) is 26.3 Å². The summed E-state index contributed by atoms with van der Waals surface area (Å²) in [7, 11) is 2.87. The van der Waals surface area contributed by atoms with Gasteiger partial charge in [-0.05, 0) is 35.2 Å². The van der Waals surface area contributed by atoms with Crippen molar-refractivity contribution in [2.24, 2.45) is 0 Å². The largest absolute Gasteiger partial charge is 0.497 e. The van der Waals surface area contributed by atoms with Crippen LogP contribution in [0.4, 0.5) is 0 Å². The number of aromatic nitrogens is 1. The third-order valence-electron chi connectivity index (χ3n) is 3.91. The number of hydrogen-bond donors (Lipinski definition) is 0. The average molecular weight is 323 g/mol. The molecule has 0 N–H and O–H groups in total. The predicted octanol–water partition coefficient (Wildman–Crippen LogP) is 2.85. The fourth-order valence-electron chi connectivity index (χ4n) is 2.65. The average Bonchev–Trinajstić information content (AvgIpc) is 2.63. The topological polar surface area (TPSA) is 57.5 Å². The zero-order chi connectivity index (χ0) is 17.1. The van der Waals surface area contributed by atoms with Crippen molar-refractivity contribution in [1.29, 1.82) is 0 Å². The molecule has 0 aliphatic rings. The second-order valence-electron chi connectivity index (χ2n) is 5.35. The first-order valence-electron chi connectivity index (χ1n) is 7.48. The summed E-state index contributed by atoms with van der Waals surface area (Å²) >= 11 is 0. The van der Waals surface area contributed by atoms with Gasteiger partial charge in [0.1, 0.15) is 11.3 Å². The van der Waals surface area contributed by atoms with Crippen molar-refractivity contribution in [3.63, 3.8) is 0 Å². The normalized spacial score (nSPS) is 10.6. The lowest BCUT2D eigenvalue weighted by molar-refractivity contribution is 0.0598. The van der Waals surface area contributed by atoms with E-state index >= 15 is 0 Å². The summed E-state index contributed by atoms with van der Waals surface area (Å²) < 4.78 is 11.5. The van der Waals surface area contributed by atoms with Crippen molar-refractivity contribution in [2.45, 2.75) is 6.54 Å². The first-order valence-corrected chi connectivity index (χ1v) is 7.48. The molecular weight excluding hydrogens is 306 g/mol. The molecule has 1 aromatic heterocycles. The van der Waals surface area contributed by atoms with Crippen LogP contribution in [-0.2, 0) is 11.3 Å². The Morgan fingerprint density at radius 3 is 2.42 bits per heavy atom. The van der Waals surface area contributed by atoms with Gasteiger partial charge in [-0.25, -0.2) is 4.79 Å². The molecule has 2 aromatic carbocycles. The summed E-state index contributed by atoms with van der Waals surface area (Å²) in [5.74, 6) is 0.119. The molecule has 3 rings (SSSR count). The van der Waals surface area contributed by atoms with Crippen LogP contribution in [0.25, 0.3) is 10.9 Å². The number of hydrogen-bond acceptors (Lipinski definition) is 4. The van der Waals surface area contributed by atoms with Gasteiger partial charge in [-0.15, -0.1) is 0 Å². The van der Waals surface area contributed by atoms with Gasteiger partial charge in [0.2, 0.25) is 0 Å². The molecule has 0 fully saturated rings. The summed E-state index contributed by atoms with van der Waals surface area (Å²) in [6.45, 7) is 0.355. The number of para-hydroxylation sites is 1. The molecule has 0 aliphatic carbocycles. The minimum absolute atomic E-state index is 0.0321. The highest BCUT2D eigenvalue weighted by Crippen LogP contribution is 2.17. The minimum Gasteiger partial charge on any atom is -0.497 e. The maximum absolute atomic E-state index is 12.7. The van der Waals surface area contributed by atoms with Gasteiger partial charge in [-0.2, -0.15) is 0 Å². The Balaban J connectivity index is 2.15. The van der Waals surface area contributed by atoms with Gasteiger partial charge in [-0.1, -0.05) is 30.3 Å². The van der Waals surface area contributed by atoms with E-state index in [2.05, 4.69) is 0 Å². The molecular formula is C19H17NO4. The Labute approximate surface area is 139 Å². The van der Waals surface area contributed by atoms with Crippen molar-refractivity contribution >= 4 is 16.9 Å². The molecule has 0 saturated heterocycles. The van der Waals surface area contributed by atoms with Gasteiger partial charge >= 0.3 is 5.97 Å². The van der Waals surface area contributed by atoms with E-state index in [1.807, 2.05) is 48.5 Å². The number of ether oxygens (including phenoxy) is 2. The molecule has 0 unspecified atom stereocenters. The number of pyridine rings is 1. The zero-order valence-electron chi connectivity index (χ0n) is 13.5. The monoisotopic (exact) mass is 323 g/mol. The summed E-state index contributed by atoms with van der Waals surface area (Å²) in [5, 5.41) is 0.811. The Bertz CT molecular complexity index is 942. The van der Waals surface area contributed by atoms with E-state index in [1.54, 1.807) is 17.7 Å². The number of fused-ring (bicyclic) bond motifs is 1. The number of benzene rings is 2. The van der Waals surface area contributed by atoms with Crippen LogP contribution in [0.15, 0.2) is 59.4 Å². The van der Waals surface area contributed by atoms with E-state index in [9.17, 15) is 9.59 Å². The Hall–Kier alpha value is -3.08. The lowest BCUT2D eigenvalue weighted by Gasteiger charge is -2.12. The maximum Gasteiger partial charge on any atom is 0.343 e. The lowest BCUT2D eigenvalue weighted by Crippen LogP contribution is -2.27. The van der Waals surface area contributed by atoms with Crippen molar-refractivity contribution in [3.8, 4) is 5.75 Å². The predicted molar refractivity (Wildman–Crippen MR) is 91.6 cm³/mol.